The lowest BCUT2D eigenvalue weighted by Crippen LogP contribution is -2.23. The molecule has 3 rings (SSSR count). The molecule has 0 aliphatic heterocycles. The molecule has 0 bridgehead atoms. The summed E-state index contributed by atoms with van der Waals surface area (Å²) in [6, 6.07) is 9.23. The molecule has 0 atom stereocenters. The normalized spacial score (nSPS) is 11.9. The number of ketones is 1. The number of thiazole rings is 1. The van der Waals surface area contributed by atoms with Crippen LogP contribution in [0.15, 0.2) is 34.7 Å². The summed E-state index contributed by atoms with van der Waals surface area (Å²) < 4.78 is 26.4. The summed E-state index contributed by atoms with van der Waals surface area (Å²) in [6.07, 6.45) is 1.69. The smallest absolute Gasteiger partial charge is 0.208 e. The lowest BCUT2D eigenvalue weighted by Gasteiger charge is -1.99. The molecule has 0 aliphatic carbocycles. The third-order valence-electron chi connectivity index (χ3n) is 3.33. The molecule has 0 saturated heterocycles. The third-order valence-corrected chi connectivity index (χ3v) is 7.66. The molecule has 3 aromatic rings. The van der Waals surface area contributed by atoms with E-state index in [1.807, 2.05) is 24.3 Å². The number of Topliss-reactive ketones (excluding diaryl/α,β-unsaturated/α-hetero) is 1. The second kappa shape index (κ2) is 8.37. The molecule has 10 heteroatoms. The Labute approximate surface area is 168 Å². The number of rotatable bonds is 8. The summed E-state index contributed by atoms with van der Waals surface area (Å²) in [4.78, 5) is 18.5. The van der Waals surface area contributed by atoms with E-state index in [9.17, 15) is 13.2 Å². The number of fused-ring (bicyclic) bond motifs is 1. The Morgan fingerprint density at radius 2 is 2.08 bits per heavy atom. The molecule has 2 heterocycles. The molecule has 0 aliphatic rings. The number of hydrogen-bond donors (Lipinski definition) is 1. The minimum absolute atomic E-state index is 0.0413. The number of aromatic nitrogens is 1. The summed E-state index contributed by atoms with van der Waals surface area (Å²) in [5.41, 5.74) is 0.842. The maximum Gasteiger partial charge on any atom is 0.208 e. The summed E-state index contributed by atoms with van der Waals surface area (Å²) >= 11 is 10.3. The van der Waals surface area contributed by atoms with Gasteiger partial charge in [0.25, 0.3) is 0 Å². The van der Waals surface area contributed by atoms with Crippen LogP contribution in [0.2, 0.25) is 5.02 Å². The number of carbonyl (C=O) groups excluding carboxylic acids is 1. The van der Waals surface area contributed by atoms with E-state index in [4.69, 9.17) is 11.6 Å². The minimum atomic E-state index is -3.19. The number of thioether (sulfide) groups is 1. The zero-order valence-electron chi connectivity index (χ0n) is 13.7. The summed E-state index contributed by atoms with van der Waals surface area (Å²) in [6.45, 7) is 0.329. The van der Waals surface area contributed by atoms with Gasteiger partial charge in [-0.2, -0.15) is 0 Å². The van der Waals surface area contributed by atoms with Crippen LogP contribution < -0.4 is 4.72 Å². The first kappa shape index (κ1) is 19.8. The van der Waals surface area contributed by atoms with Crippen molar-refractivity contribution in [2.45, 2.75) is 10.8 Å². The summed E-state index contributed by atoms with van der Waals surface area (Å²) in [7, 11) is -3.19. The number of sulfonamides is 1. The number of nitrogens with zero attached hydrogens (tertiary/aromatic N) is 1. The first-order valence-corrected chi connectivity index (χ1v) is 12.4. The van der Waals surface area contributed by atoms with Gasteiger partial charge in [-0.3, -0.25) is 4.79 Å². The van der Waals surface area contributed by atoms with Crippen LogP contribution in [-0.4, -0.2) is 37.7 Å². The minimum Gasteiger partial charge on any atom is -0.292 e. The van der Waals surface area contributed by atoms with Crippen LogP contribution in [-0.2, 0) is 16.4 Å². The Morgan fingerprint density at radius 3 is 2.85 bits per heavy atom. The van der Waals surface area contributed by atoms with Gasteiger partial charge in [0.05, 0.1) is 27.1 Å². The van der Waals surface area contributed by atoms with Crippen LogP contribution in [0.25, 0.3) is 10.2 Å². The third kappa shape index (κ3) is 5.51. The molecule has 5 nitrogen and oxygen atoms in total. The molecule has 0 saturated carbocycles. The standard InChI is InChI=1S/C16H15ClN2O3S4/c1-26(21,22)18-7-6-11-3-5-15(24-11)13(20)9-23-16-19-12-8-10(17)2-4-14(12)25-16/h2-5,8,18H,6-7,9H2,1H3. The van der Waals surface area contributed by atoms with Gasteiger partial charge in [-0.15, -0.1) is 22.7 Å². The van der Waals surface area contributed by atoms with Gasteiger partial charge >= 0.3 is 0 Å². The van der Waals surface area contributed by atoms with E-state index in [0.717, 1.165) is 25.7 Å². The van der Waals surface area contributed by atoms with Crippen LogP contribution >= 0.6 is 46.0 Å². The molecule has 0 radical (unpaired) electrons. The summed E-state index contributed by atoms with van der Waals surface area (Å²) in [5.74, 6) is 0.356. The fourth-order valence-electron chi connectivity index (χ4n) is 2.16. The van der Waals surface area contributed by atoms with Crippen LogP contribution in [0.5, 0.6) is 0 Å². The van der Waals surface area contributed by atoms with Gasteiger partial charge in [0.1, 0.15) is 0 Å². The van der Waals surface area contributed by atoms with Crippen molar-refractivity contribution in [2.24, 2.45) is 0 Å². The average molecular weight is 447 g/mol. The van der Waals surface area contributed by atoms with Crippen molar-refractivity contribution in [2.75, 3.05) is 18.6 Å². The topological polar surface area (TPSA) is 76.1 Å². The Morgan fingerprint density at radius 1 is 1.27 bits per heavy atom. The van der Waals surface area contributed by atoms with E-state index >= 15 is 0 Å². The Hall–Kier alpha value is -0.970. The molecule has 0 spiro atoms. The van der Waals surface area contributed by atoms with Gasteiger partial charge < -0.3 is 0 Å². The lowest BCUT2D eigenvalue weighted by atomic mass is 10.3. The molecule has 0 unspecified atom stereocenters. The highest BCUT2D eigenvalue weighted by Crippen LogP contribution is 2.31. The molecule has 2 aromatic heterocycles. The van der Waals surface area contributed by atoms with E-state index in [-0.39, 0.29) is 5.78 Å². The second-order valence-electron chi connectivity index (χ2n) is 5.49. The maximum atomic E-state index is 12.4. The maximum absolute atomic E-state index is 12.4. The van der Waals surface area contributed by atoms with Gasteiger partial charge in [0.2, 0.25) is 10.0 Å². The number of benzene rings is 1. The lowest BCUT2D eigenvalue weighted by molar-refractivity contribution is 0.102. The highest BCUT2D eigenvalue weighted by Gasteiger charge is 2.12. The Kier molecular flexibility index (Phi) is 6.37. The molecule has 0 amide bonds. The van der Waals surface area contributed by atoms with Gasteiger partial charge in [0, 0.05) is 16.4 Å². The van der Waals surface area contributed by atoms with Gasteiger partial charge in [0.15, 0.2) is 10.1 Å². The first-order chi connectivity index (χ1) is 12.3. The van der Waals surface area contributed by atoms with Gasteiger partial charge in [-0.1, -0.05) is 23.4 Å². The number of hydrogen-bond acceptors (Lipinski definition) is 7. The molecule has 26 heavy (non-hydrogen) atoms. The van der Waals surface area contributed by atoms with E-state index in [2.05, 4.69) is 9.71 Å². The zero-order valence-corrected chi connectivity index (χ0v) is 17.7. The quantitative estimate of drug-likeness (QED) is 0.416. The van der Waals surface area contributed by atoms with Crippen molar-refractivity contribution >= 4 is 72.1 Å². The van der Waals surface area contributed by atoms with Crippen LogP contribution in [0.1, 0.15) is 14.5 Å². The van der Waals surface area contributed by atoms with E-state index in [1.165, 1.54) is 23.1 Å². The number of nitrogens with one attached hydrogen (secondary N) is 1. The largest absolute Gasteiger partial charge is 0.292 e. The van der Waals surface area contributed by atoms with Crippen molar-refractivity contribution in [1.29, 1.82) is 0 Å². The fourth-order valence-corrected chi connectivity index (χ4v) is 5.77. The summed E-state index contributed by atoms with van der Waals surface area (Å²) in [5, 5.41) is 0.645. The highest BCUT2D eigenvalue weighted by atomic mass is 35.5. The molecular weight excluding hydrogens is 432 g/mol. The van der Waals surface area contributed by atoms with Crippen LogP contribution in [0.3, 0.4) is 0 Å². The zero-order chi connectivity index (χ0) is 18.7. The van der Waals surface area contributed by atoms with Gasteiger partial charge in [-0.25, -0.2) is 18.1 Å². The SMILES string of the molecule is CS(=O)(=O)NCCc1ccc(C(=O)CSc2nc3cc(Cl)ccc3s2)s1. The molecule has 1 N–H and O–H groups in total. The van der Waals surface area contributed by atoms with Crippen LogP contribution in [0.4, 0.5) is 0 Å². The molecule has 0 fully saturated rings. The number of carbonyl (C=O) groups is 1. The van der Waals surface area contributed by atoms with Crippen molar-refractivity contribution in [3.05, 3.63) is 45.1 Å². The van der Waals surface area contributed by atoms with Crippen molar-refractivity contribution in [1.82, 2.24) is 9.71 Å². The molecular formula is C16H15ClN2O3S4. The van der Waals surface area contributed by atoms with Gasteiger partial charge in [-0.05, 0) is 36.8 Å². The first-order valence-electron chi connectivity index (χ1n) is 7.55. The van der Waals surface area contributed by atoms with Crippen molar-refractivity contribution < 1.29 is 13.2 Å². The van der Waals surface area contributed by atoms with Crippen molar-refractivity contribution in [3.8, 4) is 0 Å². The fraction of sp³-hybridized carbons (Fsp3) is 0.250. The highest BCUT2D eigenvalue weighted by molar-refractivity contribution is 8.01. The Bertz CT molecular complexity index is 1040. The van der Waals surface area contributed by atoms with E-state index < -0.39 is 10.0 Å². The predicted octanol–water partition coefficient (Wildman–Crippen LogP) is 4.08. The molecule has 138 valence electrons. The van der Waals surface area contributed by atoms with Crippen LogP contribution in [0, 0.1) is 0 Å². The van der Waals surface area contributed by atoms with Crippen molar-refractivity contribution in [3.63, 3.8) is 0 Å². The number of halogens is 1. The average Bonchev–Trinajstić information content (AvgIpc) is 3.17. The van der Waals surface area contributed by atoms with E-state index in [1.54, 1.807) is 17.4 Å². The molecule has 1 aromatic carbocycles. The second-order valence-corrected chi connectivity index (χ2v) is 11.2. The Balaban J connectivity index is 1.56. The van der Waals surface area contributed by atoms with E-state index in [0.29, 0.717) is 28.6 Å². The monoisotopic (exact) mass is 446 g/mol. The predicted molar refractivity (Wildman–Crippen MR) is 111 cm³/mol. The number of thiophene rings is 1.